The van der Waals surface area contributed by atoms with Gasteiger partial charge in [-0.1, -0.05) is 0 Å². The lowest BCUT2D eigenvalue weighted by Gasteiger charge is -2.31. The number of hydrogen-bond donors (Lipinski definition) is 2. The van der Waals surface area contributed by atoms with Gasteiger partial charge in [0.25, 0.3) is 0 Å². The Bertz CT molecular complexity index is 552. The molecule has 2 N–H and O–H groups in total. The van der Waals surface area contributed by atoms with Crippen LogP contribution in [0.2, 0.25) is 0 Å². The van der Waals surface area contributed by atoms with Crippen molar-refractivity contribution in [2.75, 3.05) is 19.7 Å². The quantitative estimate of drug-likeness (QED) is 0.858. The summed E-state index contributed by atoms with van der Waals surface area (Å²) in [5.74, 6) is 0.0311. The van der Waals surface area contributed by atoms with E-state index in [0.29, 0.717) is 0 Å². The number of piperidine rings is 1. The van der Waals surface area contributed by atoms with E-state index in [2.05, 4.69) is 5.32 Å². The van der Waals surface area contributed by atoms with Crippen molar-refractivity contribution in [2.45, 2.75) is 12.3 Å². The Morgan fingerprint density at radius 3 is 3.17 bits per heavy atom. The summed E-state index contributed by atoms with van der Waals surface area (Å²) >= 11 is 0. The molecule has 0 spiro atoms. The molecule has 2 aromatic rings. The predicted octanol–water partition coefficient (Wildman–Crippen LogP) is 2.26. The first-order valence-electron chi connectivity index (χ1n) is 6.28. The van der Waals surface area contributed by atoms with Gasteiger partial charge in [0, 0.05) is 30.0 Å². The van der Waals surface area contributed by atoms with Crippen molar-refractivity contribution >= 4 is 11.0 Å². The molecule has 2 atom stereocenters. The second-order valence-electron chi connectivity index (χ2n) is 4.88. The smallest absolute Gasteiger partial charge is 0.137 e. The van der Waals surface area contributed by atoms with Gasteiger partial charge >= 0.3 is 0 Å². The van der Waals surface area contributed by atoms with Gasteiger partial charge in [-0.25, -0.2) is 4.39 Å². The molecule has 4 heteroatoms. The highest BCUT2D eigenvalue weighted by molar-refractivity contribution is 5.81. The molecule has 0 unspecified atom stereocenters. The van der Waals surface area contributed by atoms with Crippen LogP contribution < -0.4 is 5.32 Å². The Morgan fingerprint density at radius 2 is 2.33 bits per heavy atom. The van der Waals surface area contributed by atoms with Crippen molar-refractivity contribution in [1.29, 1.82) is 0 Å². The average Bonchev–Trinajstić information content (AvgIpc) is 2.85. The number of aliphatic hydroxyl groups is 1. The minimum Gasteiger partial charge on any atom is -0.464 e. The Hall–Kier alpha value is -1.39. The molecule has 1 aromatic carbocycles. The van der Waals surface area contributed by atoms with Gasteiger partial charge in [0.05, 0.1) is 6.26 Å². The maximum atomic E-state index is 13.6. The van der Waals surface area contributed by atoms with E-state index in [0.717, 1.165) is 36.0 Å². The summed E-state index contributed by atoms with van der Waals surface area (Å²) in [5.41, 5.74) is 1.64. The van der Waals surface area contributed by atoms with Crippen molar-refractivity contribution in [1.82, 2.24) is 5.32 Å². The zero-order valence-corrected chi connectivity index (χ0v) is 10.0. The van der Waals surface area contributed by atoms with Crippen LogP contribution in [0.3, 0.4) is 0 Å². The van der Waals surface area contributed by atoms with Crippen LogP contribution in [0.1, 0.15) is 17.9 Å². The number of nitrogens with one attached hydrogen (secondary N) is 1. The normalized spacial score (nSPS) is 24.6. The maximum Gasteiger partial charge on any atom is 0.137 e. The molecule has 3 nitrogen and oxygen atoms in total. The third-order valence-electron chi connectivity index (χ3n) is 3.79. The maximum absolute atomic E-state index is 13.6. The lowest BCUT2D eigenvalue weighted by molar-refractivity contribution is 0.179. The minimum absolute atomic E-state index is 0.108. The van der Waals surface area contributed by atoms with Crippen molar-refractivity contribution in [3.8, 4) is 0 Å². The van der Waals surface area contributed by atoms with Crippen molar-refractivity contribution < 1.29 is 13.9 Å². The number of aliphatic hydroxyl groups excluding tert-OH is 1. The highest BCUT2D eigenvalue weighted by Crippen LogP contribution is 2.35. The fraction of sp³-hybridized carbons (Fsp3) is 0.429. The Balaban J connectivity index is 2.08. The number of hydrogen-bond acceptors (Lipinski definition) is 3. The summed E-state index contributed by atoms with van der Waals surface area (Å²) < 4.78 is 19.1. The third kappa shape index (κ3) is 1.91. The third-order valence-corrected chi connectivity index (χ3v) is 3.79. The first-order chi connectivity index (χ1) is 8.79. The number of rotatable bonds is 2. The number of furan rings is 1. The molecule has 1 saturated heterocycles. The molecule has 0 aliphatic carbocycles. The van der Waals surface area contributed by atoms with E-state index < -0.39 is 0 Å². The van der Waals surface area contributed by atoms with Crippen LogP contribution in [0.5, 0.6) is 0 Å². The second kappa shape index (κ2) is 4.71. The van der Waals surface area contributed by atoms with Gasteiger partial charge in [0.15, 0.2) is 0 Å². The van der Waals surface area contributed by atoms with Crippen molar-refractivity contribution in [2.24, 2.45) is 5.92 Å². The molecule has 1 fully saturated rings. The fourth-order valence-electron chi connectivity index (χ4n) is 2.87. The zero-order valence-electron chi connectivity index (χ0n) is 10.0. The van der Waals surface area contributed by atoms with Crippen molar-refractivity contribution in [3.63, 3.8) is 0 Å². The average molecular weight is 249 g/mol. The molecule has 1 aliphatic rings. The topological polar surface area (TPSA) is 45.4 Å². The molecule has 1 aliphatic heterocycles. The van der Waals surface area contributed by atoms with Crippen LogP contribution in [0.25, 0.3) is 11.0 Å². The molecule has 18 heavy (non-hydrogen) atoms. The first kappa shape index (κ1) is 11.7. The number of fused-ring (bicyclic) bond motifs is 1. The van der Waals surface area contributed by atoms with E-state index in [1.165, 1.54) is 6.07 Å². The molecule has 2 heterocycles. The van der Waals surface area contributed by atoms with Gasteiger partial charge in [0.1, 0.15) is 11.4 Å². The van der Waals surface area contributed by atoms with Crippen LogP contribution in [0.15, 0.2) is 28.9 Å². The van der Waals surface area contributed by atoms with E-state index in [-0.39, 0.29) is 24.3 Å². The zero-order chi connectivity index (χ0) is 12.5. The van der Waals surface area contributed by atoms with E-state index >= 15 is 0 Å². The molecule has 0 saturated carbocycles. The van der Waals surface area contributed by atoms with Gasteiger partial charge < -0.3 is 14.8 Å². The number of halogens is 1. The van der Waals surface area contributed by atoms with E-state index in [1.54, 1.807) is 18.4 Å². The monoisotopic (exact) mass is 249 g/mol. The second-order valence-corrected chi connectivity index (χ2v) is 4.88. The van der Waals surface area contributed by atoms with Crippen LogP contribution in [-0.4, -0.2) is 24.8 Å². The van der Waals surface area contributed by atoms with Gasteiger partial charge in [0.2, 0.25) is 0 Å². The summed E-state index contributed by atoms with van der Waals surface area (Å²) in [7, 11) is 0. The standard InChI is InChI=1S/C14H16FNO2/c15-11-5-9-2-4-18-14(9)13(6-11)12-1-3-16-7-10(12)8-17/h2,4-6,10,12,16-17H,1,3,7-8H2/t10-,12-/m0/s1. The lowest BCUT2D eigenvalue weighted by Crippen LogP contribution is -2.37. The minimum atomic E-state index is -0.242. The highest BCUT2D eigenvalue weighted by atomic mass is 19.1. The van der Waals surface area contributed by atoms with Gasteiger partial charge in [-0.15, -0.1) is 0 Å². The highest BCUT2D eigenvalue weighted by Gasteiger charge is 2.28. The van der Waals surface area contributed by atoms with E-state index in [1.807, 2.05) is 0 Å². The molecule has 96 valence electrons. The van der Waals surface area contributed by atoms with Gasteiger partial charge in [-0.2, -0.15) is 0 Å². The van der Waals surface area contributed by atoms with Crippen LogP contribution >= 0.6 is 0 Å². The molecule has 3 rings (SSSR count). The summed E-state index contributed by atoms with van der Waals surface area (Å²) in [4.78, 5) is 0. The molecule has 0 amide bonds. The van der Waals surface area contributed by atoms with Crippen LogP contribution in [0, 0.1) is 11.7 Å². The van der Waals surface area contributed by atoms with Gasteiger partial charge in [-0.05, 0) is 37.1 Å². The van der Waals surface area contributed by atoms with Crippen LogP contribution in [-0.2, 0) is 0 Å². The lowest BCUT2D eigenvalue weighted by atomic mass is 9.81. The van der Waals surface area contributed by atoms with Gasteiger partial charge in [-0.3, -0.25) is 0 Å². The SMILES string of the molecule is OC[C@@H]1CNCC[C@@H]1c1cc(F)cc2ccoc12. The Labute approximate surface area is 105 Å². The molecule has 0 radical (unpaired) electrons. The fourth-order valence-corrected chi connectivity index (χ4v) is 2.87. The predicted molar refractivity (Wildman–Crippen MR) is 67.0 cm³/mol. The summed E-state index contributed by atoms with van der Waals surface area (Å²) in [6.07, 6.45) is 2.48. The first-order valence-corrected chi connectivity index (χ1v) is 6.28. The summed E-state index contributed by atoms with van der Waals surface area (Å²) in [5, 5.41) is 13.5. The molecular formula is C14H16FNO2. The number of benzene rings is 1. The largest absolute Gasteiger partial charge is 0.464 e. The molecule has 0 bridgehead atoms. The van der Waals surface area contributed by atoms with Crippen LogP contribution in [0.4, 0.5) is 4.39 Å². The van der Waals surface area contributed by atoms with E-state index in [9.17, 15) is 9.50 Å². The van der Waals surface area contributed by atoms with E-state index in [4.69, 9.17) is 4.42 Å². The Kier molecular flexibility index (Phi) is 3.06. The summed E-state index contributed by atoms with van der Waals surface area (Å²) in [6.45, 7) is 1.76. The Morgan fingerprint density at radius 1 is 1.44 bits per heavy atom. The molecule has 1 aromatic heterocycles. The molecular weight excluding hydrogens is 233 g/mol. The summed E-state index contributed by atoms with van der Waals surface area (Å²) in [6, 6.07) is 4.80. The van der Waals surface area contributed by atoms with Crippen molar-refractivity contribution in [3.05, 3.63) is 35.8 Å².